The van der Waals surface area contributed by atoms with Gasteiger partial charge in [-0.1, -0.05) is 30.3 Å². The molecule has 2 aromatic rings. The van der Waals surface area contributed by atoms with Crippen LogP contribution in [0.5, 0.6) is 0 Å². The van der Waals surface area contributed by atoms with Crippen molar-refractivity contribution in [1.82, 2.24) is 4.90 Å². The largest absolute Gasteiger partial charge is 0.444 e. The molecular formula is C17H18ClNO3S. The van der Waals surface area contributed by atoms with Gasteiger partial charge in [-0.3, -0.25) is 4.79 Å². The van der Waals surface area contributed by atoms with E-state index in [1.54, 1.807) is 6.07 Å². The number of hydrogen-bond donors (Lipinski definition) is 0. The molecule has 1 aromatic carbocycles. The lowest BCUT2D eigenvalue weighted by Crippen LogP contribution is -2.48. The molecule has 1 atom stereocenters. The van der Waals surface area contributed by atoms with E-state index in [2.05, 4.69) is 6.92 Å². The van der Waals surface area contributed by atoms with Crippen LogP contribution in [0.1, 0.15) is 23.9 Å². The lowest BCUT2D eigenvalue weighted by molar-refractivity contribution is -0.00455. The first-order valence-corrected chi connectivity index (χ1v) is 8.79. The summed E-state index contributed by atoms with van der Waals surface area (Å²) in [5.74, 6) is 0.310. The summed E-state index contributed by atoms with van der Waals surface area (Å²) in [5, 5.41) is 1.39. The fourth-order valence-electron chi connectivity index (χ4n) is 2.51. The van der Waals surface area contributed by atoms with E-state index in [0.717, 1.165) is 11.3 Å². The molecule has 122 valence electrons. The molecule has 0 unspecified atom stereocenters. The molecule has 1 aromatic heterocycles. The van der Waals surface area contributed by atoms with E-state index in [-0.39, 0.29) is 11.9 Å². The molecule has 1 fully saturated rings. The molecule has 2 heterocycles. The third kappa shape index (κ3) is 3.91. The van der Waals surface area contributed by atoms with Crippen molar-refractivity contribution in [3.8, 4) is 0 Å². The monoisotopic (exact) mass is 351 g/mol. The first kappa shape index (κ1) is 16.4. The summed E-state index contributed by atoms with van der Waals surface area (Å²) < 4.78 is 11.2. The molecule has 0 radical (unpaired) electrons. The number of hydrogen-bond acceptors (Lipinski definition) is 4. The summed E-state index contributed by atoms with van der Waals surface area (Å²) in [6, 6.07) is 11.2. The number of amides is 1. The second-order valence-electron chi connectivity index (χ2n) is 5.31. The second-order valence-corrected chi connectivity index (χ2v) is 6.82. The SMILES string of the molecule is CC[C@@H]1COCCN1C(=O)c1ccc(Sc2ccc(Cl)cc2)o1. The van der Waals surface area contributed by atoms with Crippen LogP contribution in [0.15, 0.2) is 50.8 Å². The fraction of sp³-hybridized carbons (Fsp3) is 0.353. The summed E-state index contributed by atoms with van der Waals surface area (Å²) in [6.07, 6.45) is 0.874. The minimum Gasteiger partial charge on any atom is -0.444 e. The van der Waals surface area contributed by atoms with Crippen LogP contribution in [0.3, 0.4) is 0 Å². The zero-order valence-electron chi connectivity index (χ0n) is 12.8. The number of halogens is 1. The maximum Gasteiger partial charge on any atom is 0.290 e. The van der Waals surface area contributed by atoms with E-state index >= 15 is 0 Å². The highest BCUT2D eigenvalue weighted by Gasteiger charge is 2.28. The van der Waals surface area contributed by atoms with Crippen LogP contribution in [0.2, 0.25) is 5.02 Å². The average Bonchev–Trinajstić information content (AvgIpc) is 3.05. The summed E-state index contributed by atoms with van der Waals surface area (Å²) in [5.41, 5.74) is 0. The predicted octanol–water partition coefficient (Wildman–Crippen LogP) is 4.34. The highest BCUT2D eigenvalue weighted by atomic mass is 35.5. The third-order valence-corrected chi connectivity index (χ3v) is 4.96. The van der Waals surface area contributed by atoms with Gasteiger partial charge in [0.1, 0.15) is 0 Å². The summed E-state index contributed by atoms with van der Waals surface area (Å²) in [6.45, 7) is 3.84. The standard InChI is InChI=1S/C17H18ClNO3S/c1-2-13-11-21-10-9-19(13)17(20)15-7-8-16(22-15)23-14-5-3-12(18)4-6-14/h3-8,13H,2,9-11H2,1H3/t13-/m1/s1. The Balaban J connectivity index is 1.70. The van der Waals surface area contributed by atoms with Crippen molar-refractivity contribution >= 4 is 29.3 Å². The normalized spacial score (nSPS) is 18.2. The minimum atomic E-state index is -0.0666. The number of ether oxygens (including phenoxy) is 1. The Morgan fingerprint density at radius 1 is 1.30 bits per heavy atom. The van der Waals surface area contributed by atoms with Crippen molar-refractivity contribution in [3.63, 3.8) is 0 Å². The van der Waals surface area contributed by atoms with Crippen molar-refractivity contribution in [3.05, 3.63) is 47.2 Å². The Hall–Kier alpha value is -1.43. The van der Waals surface area contributed by atoms with Gasteiger partial charge >= 0.3 is 0 Å². The van der Waals surface area contributed by atoms with Gasteiger partial charge < -0.3 is 14.1 Å². The fourth-order valence-corrected chi connectivity index (χ4v) is 3.41. The van der Waals surface area contributed by atoms with Crippen LogP contribution >= 0.6 is 23.4 Å². The quantitative estimate of drug-likeness (QED) is 0.822. The number of morpholine rings is 1. The van der Waals surface area contributed by atoms with E-state index in [0.29, 0.717) is 35.6 Å². The Bertz CT molecular complexity index is 671. The van der Waals surface area contributed by atoms with Gasteiger partial charge in [-0.25, -0.2) is 0 Å². The molecule has 1 aliphatic heterocycles. The number of rotatable bonds is 4. The average molecular weight is 352 g/mol. The van der Waals surface area contributed by atoms with Crippen LogP contribution < -0.4 is 0 Å². The topological polar surface area (TPSA) is 42.7 Å². The maximum atomic E-state index is 12.6. The Morgan fingerprint density at radius 2 is 2.09 bits per heavy atom. The summed E-state index contributed by atoms with van der Waals surface area (Å²) in [4.78, 5) is 15.5. The van der Waals surface area contributed by atoms with Gasteiger partial charge in [0.15, 0.2) is 10.9 Å². The van der Waals surface area contributed by atoms with Gasteiger partial charge in [0.05, 0.1) is 19.3 Å². The lowest BCUT2D eigenvalue weighted by atomic mass is 10.1. The van der Waals surface area contributed by atoms with Gasteiger partial charge in [0, 0.05) is 16.5 Å². The number of furan rings is 1. The van der Waals surface area contributed by atoms with E-state index < -0.39 is 0 Å². The van der Waals surface area contributed by atoms with Gasteiger partial charge in [-0.2, -0.15) is 0 Å². The molecule has 1 aliphatic rings. The predicted molar refractivity (Wildman–Crippen MR) is 90.2 cm³/mol. The number of nitrogens with zero attached hydrogens (tertiary/aromatic N) is 1. The molecular weight excluding hydrogens is 334 g/mol. The first-order valence-electron chi connectivity index (χ1n) is 7.59. The third-order valence-electron chi connectivity index (χ3n) is 3.78. The number of carbonyl (C=O) groups excluding carboxylic acids is 1. The Kier molecular flexibility index (Phi) is 5.30. The summed E-state index contributed by atoms with van der Waals surface area (Å²) >= 11 is 7.35. The zero-order valence-corrected chi connectivity index (χ0v) is 14.4. The van der Waals surface area contributed by atoms with Crippen molar-refractivity contribution in [2.24, 2.45) is 0 Å². The molecule has 1 amide bonds. The highest BCUT2D eigenvalue weighted by molar-refractivity contribution is 7.99. The van der Waals surface area contributed by atoms with E-state index in [1.807, 2.05) is 35.2 Å². The summed E-state index contributed by atoms with van der Waals surface area (Å²) in [7, 11) is 0. The molecule has 1 saturated heterocycles. The van der Waals surface area contributed by atoms with Crippen LogP contribution in [-0.2, 0) is 4.74 Å². The Labute approximate surface area is 144 Å². The second kappa shape index (κ2) is 7.43. The van der Waals surface area contributed by atoms with Crippen molar-refractivity contribution in [1.29, 1.82) is 0 Å². The molecule has 6 heteroatoms. The molecule has 0 spiro atoms. The Morgan fingerprint density at radius 3 is 2.83 bits per heavy atom. The maximum absolute atomic E-state index is 12.6. The van der Waals surface area contributed by atoms with Crippen LogP contribution in [0.4, 0.5) is 0 Å². The van der Waals surface area contributed by atoms with Crippen molar-refractivity contribution in [2.45, 2.75) is 29.4 Å². The molecule has 23 heavy (non-hydrogen) atoms. The van der Waals surface area contributed by atoms with Crippen molar-refractivity contribution < 1.29 is 13.9 Å². The van der Waals surface area contributed by atoms with Gasteiger partial charge in [0.2, 0.25) is 0 Å². The molecule has 3 rings (SSSR count). The zero-order chi connectivity index (χ0) is 16.2. The van der Waals surface area contributed by atoms with Crippen LogP contribution in [-0.4, -0.2) is 36.6 Å². The first-order chi connectivity index (χ1) is 11.2. The van der Waals surface area contributed by atoms with Gasteiger partial charge in [0.25, 0.3) is 5.91 Å². The molecule has 0 aliphatic carbocycles. The number of benzene rings is 1. The molecule has 4 nitrogen and oxygen atoms in total. The van der Waals surface area contributed by atoms with Crippen LogP contribution in [0.25, 0.3) is 0 Å². The van der Waals surface area contributed by atoms with Crippen LogP contribution in [0, 0.1) is 0 Å². The highest BCUT2D eigenvalue weighted by Crippen LogP contribution is 2.30. The minimum absolute atomic E-state index is 0.0666. The molecule has 0 N–H and O–H groups in total. The van der Waals surface area contributed by atoms with Gasteiger partial charge in [-0.05, 0) is 42.8 Å². The van der Waals surface area contributed by atoms with Crippen molar-refractivity contribution in [2.75, 3.05) is 19.8 Å². The van der Waals surface area contributed by atoms with E-state index in [4.69, 9.17) is 20.8 Å². The smallest absolute Gasteiger partial charge is 0.290 e. The lowest BCUT2D eigenvalue weighted by Gasteiger charge is -2.34. The van der Waals surface area contributed by atoms with E-state index in [1.165, 1.54) is 11.8 Å². The molecule has 0 bridgehead atoms. The molecule has 0 saturated carbocycles. The van der Waals surface area contributed by atoms with Gasteiger partial charge in [-0.15, -0.1) is 0 Å². The van der Waals surface area contributed by atoms with E-state index in [9.17, 15) is 4.79 Å². The number of carbonyl (C=O) groups is 1.